The van der Waals surface area contributed by atoms with Crippen molar-refractivity contribution in [3.05, 3.63) is 29.5 Å². The number of hydrogen-bond acceptors (Lipinski definition) is 6. The summed E-state index contributed by atoms with van der Waals surface area (Å²) < 4.78 is 33.8. The van der Waals surface area contributed by atoms with E-state index in [4.69, 9.17) is 8.92 Å². The summed E-state index contributed by atoms with van der Waals surface area (Å²) >= 11 is 0. The van der Waals surface area contributed by atoms with Crippen LogP contribution in [0, 0.1) is 0 Å². The summed E-state index contributed by atoms with van der Waals surface area (Å²) in [6.07, 6.45) is 3.32. The van der Waals surface area contributed by atoms with E-state index in [1.165, 1.54) is 6.20 Å². The molecule has 1 aromatic carbocycles. The van der Waals surface area contributed by atoms with E-state index in [0.29, 0.717) is 23.3 Å². The predicted molar refractivity (Wildman–Crippen MR) is 81.0 cm³/mol. The lowest BCUT2D eigenvalue weighted by Crippen LogP contribution is -2.11. The van der Waals surface area contributed by atoms with E-state index in [2.05, 4.69) is 4.98 Å². The maximum Gasteiger partial charge on any atom is 0.306 e. The maximum atomic E-state index is 12.1. The van der Waals surface area contributed by atoms with Crippen LogP contribution in [0.2, 0.25) is 0 Å². The fraction of sp³-hybridized carbons (Fsp3) is 0.333. The van der Waals surface area contributed by atoms with Crippen LogP contribution < -0.4 is 8.92 Å². The Morgan fingerprint density at radius 3 is 2.86 bits per heavy atom. The Morgan fingerprint density at radius 1 is 1.41 bits per heavy atom. The average Bonchev–Trinajstić information content (AvgIpc) is 2.93. The van der Waals surface area contributed by atoms with Gasteiger partial charge in [-0.05, 0) is 11.6 Å². The van der Waals surface area contributed by atoms with E-state index in [1.54, 1.807) is 13.0 Å². The first-order chi connectivity index (χ1) is 10.4. The number of ketones is 1. The fourth-order valence-electron chi connectivity index (χ4n) is 2.51. The molecule has 0 radical (unpaired) electrons. The zero-order valence-electron chi connectivity index (χ0n) is 12.3. The predicted octanol–water partition coefficient (Wildman–Crippen LogP) is 2.10. The summed E-state index contributed by atoms with van der Waals surface area (Å²) in [5.74, 6) is 0.429. The van der Waals surface area contributed by atoms with Gasteiger partial charge in [-0.25, -0.2) is 0 Å². The van der Waals surface area contributed by atoms with Gasteiger partial charge in [0.05, 0.1) is 18.4 Å². The summed E-state index contributed by atoms with van der Waals surface area (Å²) in [5.41, 5.74) is 1.69. The molecule has 1 aromatic heterocycles. The van der Waals surface area contributed by atoms with Crippen LogP contribution in [-0.2, 0) is 16.5 Å². The van der Waals surface area contributed by atoms with Crippen molar-refractivity contribution in [1.82, 2.24) is 4.98 Å². The van der Waals surface area contributed by atoms with Gasteiger partial charge in [-0.1, -0.05) is 13.0 Å². The molecular formula is C15H15NO5S. The van der Waals surface area contributed by atoms with Crippen molar-refractivity contribution in [3.63, 3.8) is 0 Å². The van der Waals surface area contributed by atoms with Gasteiger partial charge in [0, 0.05) is 24.4 Å². The van der Waals surface area contributed by atoms with Crippen molar-refractivity contribution in [2.24, 2.45) is 0 Å². The van der Waals surface area contributed by atoms with Crippen molar-refractivity contribution in [3.8, 4) is 11.5 Å². The summed E-state index contributed by atoms with van der Waals surface area (Å²) in [6, 6.07) is 3.57. The molecule has 0 saturated heterocycles. The highest BCUT2D eigenvalue weighted by Crippen LogP contribution is 2.38. The van der Waals surface area contributed by atoms with Gasteiger partial charge in [0.1, 0.15) is 11.3 Å². The molecule has 0 saturated carbocycles. The van der Waals surface area contributed by atoms with Gasteiger partial charge in [-0.3, -0.25) is 9.78 Å². The Bertz CT molecular complexity index is 873. The van der Waals surface area contributed by atoms with Gasteiger partial charge in [-0.15, -0.1) is 0 Å². The number of pyridine rings is 1. The molecule has 2 heterocycles. The SMILES string of the molecule is CCC(=O)c1cnc2c3c(ccc2c1OS(C)(=O)=O)CCO3. The number of aromatic nitrogens is 1. The van der Waals surface area contributed by atoms with Crippen molar-refractivity contribution in [2.45, 2.75) is 19.8 Å². The molecular weight excluding hydrogens is 306 g/mol. The number of carbonyl (C=O) groups excluding carboxylic acids is 1. The topological polar surface area (TPSA) is 82.6 Å². The van der Waals surface area contributed by atoms with E-state index in [0.717, 1.165) is 18.2 Å². The highest BCUT2D eigenvalue weighted by Gasteiger charge is 2.23. The van der Waals surface area contributed by atoms with Crippen molar-refractivity contribution >= 4 is 26.8 Å². The number of ether oxygens (including phenoxy) is 1. The normalized spacial score (nSPS) is 13.7. The summed E-state index contributed by atoms with van der Waals surface area (Å²) in [5, 5.41) is 0.463. The van der Waals surface area contributed by atoms with E-state index in [-0.39, 0.29) is 23.5 Å². The van der Waals surface area contributed by atoms with Crippen LogP contribution in [0.5, 0.6) is 11.5 Å². The van der Waals surface area contributed by atoms with E-state index < -0.39 is 10.1 Å². The molecule has 0 spiro atoms. The lowest BCUT2D eigenvalue weighted by molar-refractivity contribution is 0.0986. The molecule has 116 valence electrons. The Kier molecular flexibility index (Phi) is 3.52. The van der Waals surface area contributed by atoms with Gasteiger partial charge < -0.3 is 8.92 Å². The molecule has 1 aliphatic rings. The van der Waals surface area contributed by atoms with Crippen molar-refractivity contribution in [1.29, 1.82) is 0 Å². The number of nitrogens with zero attached hydrogens (tertiary/aromatic N) is 1. The van der Waals surface area contributed by atoms with Gasteiger partial charge in [-0.2, -0.15) is 8.42 Å². The minimum atomic E-state index is -3.77. The Labute approximate surface area is 128 Å². The zero-order chi connectivity index (χ0) is 15.9. The molecule has 22 heavy (non-hydrogen) atoms. The molecule has 6 nitrogen and oxygen atoms in total. The minimum absolute atomic E-state index is 0.0256. The molecule has 1 aliphatic heterocycles. The monoisotopic (exact) mass is 321 g/mol. The highest BCUT2D eigenvalue weighted by atomic mass is 32.2. The van der Waals surface area contributed by atoms with Crippen LogP contribution in [0.15, 0.2) is 18.3 Å². The molecule has 0 unspecified atom stereocenters. The molecule has 0 N–H and O–H groups in total. The molecule has 2 aromatic rings. The molecule has 0 aliphatic carbocycles. The smallest absolute Gasteiger partial charge is 0.306 e. The second kappa shape index (κ2) is 5.24. The number of Topliss-reactive ketones (excluding diaryl/α,β-unsaturated/α-hetero) is 1. The second-order valence-electron chi connectivity index (χ2n) is 5.11. The van der Waals surface area contributed by atoms with Crippen LogP contribution in [0.3, 0.4) is 0 Å². The third kappa shape index (κ3) is 2.52. The van der Waals surface area contributed by atoms with Crippen LogP contribution in [-0.4, -0.2) is 32.0 Å². The zero-order valence-corrected chi connectivity index (χ0v) is 13.1. The first kappa shape index (κ1) is 14.8. The van der Waals surface area contributed by atoms with E-state index in [1.807, 2.05) is 6.07 Å². The van der Waals surface area contributed by atoms with E-state index >= 15 is 0 Å². The number of benzene rings is 1. The standard InChI is InChI=1S/C15H15NO5S/c1-3-12(17)11-8-16-13-10(15(11)21-22(2,18)19)5-4-9-6-7-20-14(9)13/h4-5,8H,3,6-7H2,1-2H3. The number of rotatable bonds is 4. The van der Waals surface area contributed by atoms with Crippen molar-refractivity contribution in [2.75, 3.05) is 12.9 Å². The lowest BCUT2D eigenvalue weighted by atomic mass is 10.0. The van der Waals surface area contributed by atoms with Crippen LogP contribution in [0.4, 0.5) is 0 Å². The first-order valence-electron chi connectivity index (χ1n) is 6.90. The number of hydrogen-bond donors (Lipinski definition) is 0. The highest BCUT2D eigenvalue weighted by molar-refractivity contribution is 7.86. The summed E-state index contributed by atoms with van der Waals surface area (Å²) in [4.78, 5) is 16.3. The Hall–Kier alpha value is -2.15. The average molecular weight is 321 g/mol. The quantitative estimate of drug-likeness (QED) is 0.633. The third-order valence-corrected chi connectivity index (χ3v) is 3.97. The molecule has 3 rings (SSSR count). The molecule has 0 bridgehead atoms. The van der Waals surface area contributed by atoms with Gasteiger partial charge in [0.2, 0.25) is 0 Å². The summed E-state index contributed by atoms with van der Waals surface area (Å²) in [7, 11) is -3.77. The lowest BCUT2D eigenvalue weighted by Gasteiger charge is -2.12. The van der Waals surface area contributed by atoms with Crippen LogP contribution in [0.25, 0.3) is 10.9 Å². The molecule has 0 atom stereocenters. The largest absolute Gasteiger partial charge is 0.491 e. The molecule has 0 fully saturated rings. The Morgan fingerprint density at radius 2 is 2.18 bits per heavy atom. The van der Waals surface area contributed by atoms with E-state index in [9.17, 15) is 13.2 Å². The fourth-order valence-corrected chi connectivity index (χ4v) is 2.99. The van der Waals surface area contributed by atoms with Gasteiger partial charge in [0.15, 0.2) is 11.5 Å². The third-order valence-electron chi connectivity index (χ3n) is 3.50. The second-order valence-corrected chi connectivity index (χ2v) is 6.69. The van der Waals surface area contributed by atoms with Crippen LogP contribution in [0.1, 0.15) is 29.3 Å². The first-order valence-corrected chi connectivity index (χ1v) is 8.72. The van der Waals surface area contributed by atoms with Crippen molar-refractivity contribution < 1.29 is 22.1 Å². The maximum absolute atomic E-state index is 12.1. The molecule has 0 amide bonds. The minimum Gasteiger partial charge on any atom is -0.491 e. The number of fused-ring (bicyclic) bond motifs is 3. The van der Waals surface area contributed by atoms with Crippen LogP contribution >= 0.6 is 0 Å². The molecule has 7 heteroatoms. The Balaban J connectivity index is 2.31. The number of carbonyl (C=O) groups is 1. The summed E-state index contributed by atoms with van der Waals surface area (Å²) in [6.45, 7) is 2.26. The van der Waals surface area contributed by atoms with Gasteiger partial charge in [0.25, 0.3) is 0 Å². The van der Waals surface area contributed by atoms with Gasteiger partial charge >= 0.3 is 10.1 Å².